The average Bonchev–Trinajstić information content (AvgIpc) is 2.18. The van der Waals surface area contributed by atoms with Gasteiger partial charge >= 0.3 is 0 Å². The van der Waals surface area contributed by atoms with Crippen molar-refractivity contribution in [3.05, 3.63) is 35.7 Å². The van der Waals surface area contributed by atoms with Crippen molar-refractivity contribution >= 4 is 11.4 Å². The minimum absolute atomic E-state index is 0.659. The zero-order chi connectivity index (χ0) is 10.4. The summed E-state index contributed by atoms with van der Waals surface area (Å²) in [7, 11) is 1.82. The first-order valence-corrected chi connectivity index (χ1v) is 4.39. The number of hydrogen-bond acceptors (Lipinski definition) is 3. The van der Waals surface area contributed by atoms with Crippen molar-refractivity contribution in [3.8, 4) is 0 Å². The smallest absolute Gasteiger partial charge is 0.187 e. The number of rotatable bonds is 4. The second-order valence-electron chi connectivity index (χ2n) is 3.07. The van der Waals surface area contributed by atoms with Gasteiger partial charge < -0.3 is 5.32 Å². The molecule has 0 saturated heterocycles. The number of nitrogens with two attached hydrogens (primary N) is 1. The fraction of sp³-hybridized carbons (Fsp3) is 0.300. The largest absolute Gasteiger partial charge is 0.384 e. The molecule has 3 N–H and O–H groups in total. The maximum Gasteiger partial charge on any atom is 0.187 e. The predicted molar refractivity (Wildman–Crippen MR) is 58.0 cm³/mol. The van der Waals surface area contributed by atoms with Gasteiger partial charge in [-0.3, -0.25) is 5.84 Å². The topological polar surface area (TPSA) is 45.7 Å². The first-order valence-electron chi connectivity index (χ1n) is 4.39. The van der Waals surface area contributed by atoms with Gasteiger partial charge in [-0.15, -0.1) is 0 Å². The maximum absolute atomic E-state index is 6.79. The van der Waals surface area contributed by atoms with E-state index in [1.165, 1.54) is 0 Å². The van der Waals surface area contributed by atoms with E-state index in [0.717, 1.165) is 18.8 Å². The molecule has 0 heterocycles. The third-order valence-corrected chi connectivity index (χ3v) is 1.79. The molecule has 0 atom stereocenters. The molecule has 0 bridgehead atoms. The molecule has 74 valence electrons. The Balaban J connectivity index is 2.41. The highest BCUT2D eigenvalue weighted by atomic mass is 15.4. The summed E-state index contributed by atoms with van der Waals surface area (Å²) in [5.41, 5.74) is 1.67. The molecule has 4 heteroatoms. The summed E-state index contributed by atoms with van der Waals surface area (Å²) in [6.45, 7) is 8.37. The van der Waals surface area contributed by atoms with Gasteiger partial charge in [0.1, 0.15) is 0 Å². The van der Waals surface area contributed by atoms with E-state index < -0.39 is 0 Å². The Morgan fingerprint density at radius 1 is 1.43 bits per heavy atom. The minimum Gasteiger partial charge on any atom is -0.384 e. The molecule has 0 unspecified atom stereocenters. The van der Waals surface area contributed by atoms with Crippen LogP contribution in [0.25, 0.3) is 4.85 Å². The third kappa shape index (κ3) is 3.44. The lowest BCUT2D eigenvalue weighted by Gasteiger charge is -2.10. The summed E-state index contributed by atoms with van der Waals surface area (Å²) in [6, 6.07) is 7.37. The van der Waals surface area contributed by atoms with Crippen LogP contribution in [0.2, 0.25) is 0 Å². The van der Waals surface area contributed by atoms with E-state index in [0.29, 0.717) is 5.69 Å². The number of likely N-dealkylation sites (N-methyl/N-ethyl adjacent to an activating group) is 1. The average molecular weight is 190 g/mol. The number of hydrazine groups is 1. The molecule has 1 aromatic rings. The van der Waals surface area contributed by atoms with Gasteiger partial charge in [0.25, 0.3) is 0 Å². The van der Waals surface area contributed by atoms with Crippen LogP contribution < -0.4 is 11.2 Å². The molecule has 0 amide bonds. The van der Waals surface area contributed by atoms with Crippen LogP contribution in [0.15, 0.2) is 24.3 Å². The van der Waals surface area contributed by atoms with E-state index >= 15 is 0 Å². The van der Waals surface area contributed by atoms with Crippen molar-refractivity contribution in [2.45, 2.75) is 0 Å². The van der Waals surface area contributed by atoms with Gasteiger partial charge in [0.2, 0.25) is 0 Å². The van der Waals surface area contributed by atoms with Crippen molar-refractivity contribution in [2.75, 3.05) is 25.5 Å². The highest BCUT2D eigenvalue weighted by molar-refractivity contribution is 5.53. The molecule has 1 aromatic carbocycles. The molecule has 0 aromatic heterocycles. The first-order chi connectivity index (χ1) is 6.72. The van der Waals surface area contributed by atoms with Gasteiger partial charge in [-0.2, -0.15) is 0 Å². The second kappa shape index (κ2) is 5.22. The SMILES string of the molecule is [C-]#[N+]c1ccc(NCCN(C)N)cc1. The Morgan fingerprint density at radius 2 is 2.07 bits per heavy atom. The Bertz CT molecular complexity index is 310. The van der Waals surface area contributed by atoms with E-state index in [2.05, 4.69) is 10.2 Å². The minimum atomic E-state index is 0.659. The van der Waals surface area contributed by atoms with E-state index in [-0.39, 0.29) is 0 Å². The molecule has 1 rings (SSSR count). The number of hydrogen-bond donors (Lipinski definition) is 2. The maximum atomic E-state index is 6.79. The molecule has 14 heavy (non-hydrogen) atoms. The summed E-state index contributed by atoms with van der Waals surface area (Å²) in [5.74, 6) is 5.46. The third-order valence-electron chi connectivity index (χ3n) is 1.79. The van der Waals surface area contributed by atoms with Crippen molar-refractivity contribution in [1.29, 1.82) is 0 Å². The highest BCUT2D eigenvalue weighted by Gasteiger charge is 1.93. The fourth-order valence-corrected chi connectivity index (χ4v) is 1.03. The van der Waals surface area contributed by atoms with Crippen LogP contribution in [0.1, 0.15) is 0 Å². The monoisotopic (exact) mass is 190 g/mol. The van der Waals surface area contributed by atoms with Crippen LogP contribution in [0.3, 0.4) is 0 Å². The molecular formula is C10H14N4. The molecule has 0 fully saturated rings. The van der Waals surface area contributed by atoms with Crippen LogP contribution in [0, 0.1) is 6.57 Å². The number of nitrogens with one attached hydrogen (secondary N) is 1. The lowest BCUT2D eigenvalue weighted by atomic mass is 10.3. The van der Waals surface area contributed by atoms with Gasteiger partial charge in [0, 0.05) is 25.8 Å². The first kappa shape index (κ1) is 10.5. The normalized spacial score (nSPS) is 9.86. The van der Waals surface area contributed by atoms with Crippen LogP contribution in [0.4, 0.5) is 11.4 Å². The lowest BCUT2D eigenvalue weighted by Crippen LogP contribution is -2.31. The summed E-state index contributed by atoms with van der Waals surface area (Å²) < 4.78 is 0. The van der Waals surface area contributed by atoms with Gasteiger partial charge in [-0.1, -0.05) is 12.1 Å². The zero-order valence-electron chi connectivity index (χ0n) is 8.20. The summed E-state index contributed by atoms with van der Waals surface area (Å²) in [4.78, 5) is 3.31. The van der Waals surface area contributed by atoms with E-state index in [9.17, 15) is 0 Å². The van der Waals surface area contributed by atoms with Crippen LogP contribution in [0.5, 0.6) is 0 Å². The van der Waals surface area contributed by atoms with Crippen molar-refractivity contribution in [3.63, 3.8) is 0 Å². The van der Waals surface area contributed by atoms with Crippen LogP contribution in [-0.4, -0.2) is 25.1 Å². The summed E-state index contributed by atoms with van der Waals surface area (Å²) in [5, 5.41) is 4.83. The Hall–Kier alpha value is -1.57. The molecule has 4 nitrogen and oxygen atoms in total. The van der Waals surface area contributed by atoms with Crippen molar-refractivity contribution in [1.82, 2.24) is 5.01 Å². The van der Waals surface area contributed by atoms with Gasteiger partial charge in [-0.05, 0) is 12.1 Å². The lowest BCUT2D eigenvalue weighted by molar-refractivity contribution is 0.363. The molecule has 0 radical (unpaired) electrons. The van der Waals surface area contributed by atoms with Crippen molar-refractivity contribution < 1.29 is 0 Å². The second-order valence-corrected chi connectivity index (χ2v) is 3.07. The molecule has 0 saturated carbocycles. The number of nitrogens with zero attached hydrogens (tertiary/aromatic N) is 2. The molecule has 0 aliphatic carbocycles. The van der Waals surface area contributed by atoms with E-state index in [4.69, 9.17) is 12.4 Å². The Labute approximate surface area is 84.1 Å². The van der Waals surface area contributed by atoms with Gasteiger partial charge in [0.05, 0.1) is 6.57 Å². The summed E-state index contributed by atoms with van der Waals surface area (Å²) >= 11 is 0. The van der Waals surface area contributed by atoms with E-state index in [1.54, 1.807) is 17.1 Å². The quantitative estimate of drug-likeness (QED) is 0.429. The highest BCUT2D eigenvalue weighted by Crippen LogP contribution is 2.15. The fourth-order valence-electron chi connectivity index (χ4n) is 1.03. The number of benzene rings is 1. The number of anilines is 1. The molecular weight excluding hydrogens is 176 g/mol. The molecule has 0 spiro atoms. The molecule has 0 aliphatic rings. The van der Waals surface area contributed by atoms with Crippen LogP contribution in [-0.2, 0) is 0 Å². The van der Waals surface area contributed by atoms with Crippen LogP contribution >= 0.6 is 0 Å². The zero-order valence-corrected chi connectivity index (χ0v) is 8.20. The standard InChI is InChI=1S/C10H14N4/c1-12-9-3-5-10(6-4-9)13-7-8-14(2)11/h3-6,13H,7-8,11H2,2H3. The van der Waals surface area contributed by atoms with Crippen molar-refractivity contribution in [2.24, 2.45) is 5.84 Å². The van der Waals surface area contributed by atoms with Gasteiger partial charge in [-0.25, -0.2) is 9.85 Å². The van der Waals surface area contributed by atoms with E-state index in [1.807, 2.05) is 19.2 Å². The Kier molecular flexibility index (Phi) is 3.92. The van der Waals surface area contributed by atoms with Gasteiger partial charge in [0.15, 0.2) is 5.69 Å². The predicted octanol–water partition coefficient (Wildman–Crippen LogP) is 1.45. The molecule has 0 aliphatic heterocycles. The Morgan fingerprint density at radius 3 is 2.57 bits per heavy atom. The summed E-state index contributed by atoms with van der Waals surface area (Å²) in [6.07, 6.45) is 0.